The van der Waals surface area contributed by atoms with E-state index < -0.39 is 5.97 Å². The molecule has 1 aromatic heterocycles. The number of pyridine rings is 1. The van der Waals surface area contributed by atoms with Crippen LogP contribution in [0.3, 0.4) is 0 Å². The van der Waals surface area contributed by atoms with Gasteiger partial charge >= 0.3 is 5.97 Å². The Bertz CT molecular complexity index is 382. The lowest BCUT2D eigenvalue weighted by Gasteiger charge is -2.06. The summed E-state index contributed by atoms with van der Waals surface area (Å²) in [5, 5.41) is 0.314. The van der Waals surface area contributed by atoms with Gasteiger partial charge in [-0.25, -0.2) is 9.78 Å². The Morgan fingerprint density at radius 1 is 1.41 bits per heavy atom. The smallest absolute Gasteiger partial charge is 0.338 e. The first-order chi connectivity index (χ1) is 8.17. The molecule has 1 heterocycles. The number of esters is 1. The number of ether oxygens (including phenoxy) is 2. The molecular formula is C12H16ClNO3. The highest BCUT2D eigenvalue weighted by Gasteiger charge is 2.10. The lowest BCUT2D eigenvalue weighted by Crippen LogP contribution is -2.10. The summed E-state index contributed by atoms with van der Waals surface area (Å²) in [5.74, 6) is -0.399. The highest BCUT2D eigenvalue weighted by molar-refractivity contribution is 6.29. The number of carbonyl (C=O) groups excluding carboxylic acids is 1. The third kappa shape index (κ3) is 4.71. The minimum Gasteiger partial charge on any atom is -0.460 e. The van der Waals surface area contributed by atoms with E-state index >= 15 is 0 Å². The Balaban J connectivity index is 2.71. The van der Waals surface area contributed by atoms with E-state index in [1.54, 1.807) is 13.2 Å². The van der Waals surface area contributed by atoms with Gasteiger partial charge in [-0.15, -0.1) is 0 Å². The van der Waals surface area contributed by atoms with Crippen molar-refractivity contribution in [2.45, 2.75) is 19.8 Å². The van der Waals surface area contributed by atoms with Crippen LogP contribution in [0.15, 0.2) is 12.1 Å². The summed E-state index contributed by atoms with van der Waals surface area (Å²) in [4.78, 5) is 15.8. The Labute approximate surface area is 106 Å². The van der Waals surface area contributed by atoms with Crippen LogP contribution in [0.5, 0.6) is 0 Å². The molecule has 0 aliphatic rings. The van der Waals surface area contributed by atoms with Crippen LogP contribution in [0.2, 0.25) is 5.15 Å². The predicted molar refractivity (Wildman–Crippen MR) is 65.4 cm³/mol. The summed E-state index contributed by atoms with van der Waals surface area (Å²) in [6.07, 6.45) is 1.74. The molecule has 94 valence electrons. The van der Waals surface area contributed by atoms with Gasteiger partial charge in [0.15, 0.2) is 0 Å². The van der Waals surface area contributed by atoms with E-state index in [1.807, 2.05) is 6.92 Å². The van der Waals surface area contributed by atoms with Crippen molar-refractivity contribution in [3.05, 3.63) is 28.5 Å². The number of carbonyl (C=O) groups is 1. The predicted octanol–water partition coefficient (Wildman–Crippen LogP) is 2.49. The van der Waals surface area contributed by atoms with Crippen LogP contribution in [-0.4, -0.2) is 31.3 Å². The highest BCUT2D eigenvalue weighted by atomic mass is 35.5. The van der Waals surface area contributed by atoms with Gasteiger partial charge in [0.05, 0.1) is 12.2 Å². The van der Waals surface area contributed by atoms with Crippen LogP contribution < -0.4 is 0 Å². The fraction of sp³-hybridized carbons (Fsp3) is 0.500. The maximum Gasteiger partial charge on any atom is 0.338 e. The summed E-state index contributed by atoms with van der Waals surface area (Å²) < 4.78 is 9.80. The lowest BCUT2D eigenvalue weighted by atomic mass is 10.2. The summed E-state index contributed by atoms with van der Waals surface area (Å²) in [6, 6.07) is 3.22. The number of aryl methyl sites for hydroxylation is 1. The zero-order valence-electron chi connectivity index (χ0n) is 10.0. The minimum atomic E-state index is -0.399. The van der Waals surface area contributed by atoms with Gasteiger partial charge in [-0.1, -0.05) is 24.9 Å². The zero-order valence-corrected chi connectivity index (χ0v) is 10.8. The van der Waals surface area contributed by atoms with Crippen molar-refractivity contribution in [1.82, 2.24) is 4.98 Å². The van der Waals surface area contributed by atoms with E-state index in [1.165, 1.54) is 6.07 Å². The molecule has 0 aliphatic carbocycles. The van der Waals surface area contributed by atoms with Gasteiger partial charge in [0.25, 0.3) is 0 Å². The number of nitrogens with zero attached hydrogens (tertiary/aromatic N) is 1. The summed E-state index contributed by atoms with van der Waals surface area (Å²) in [7, 11) is 1.55. The molecule has 0 aromatic carbocycles. The average Bonchev–Trinajstić information content (AvgIpc) is 2.29. The maximum atomic E-state index is 11.7. The van der Waals surface area contributed by atoms with Crippen molar-refractivity contribution in [1.29, 1.82) is 0 Å². The van der Waals surface area contributed by atoms with Gasteiger partial charge in [-0.3, -0.25) is 0 Å². The number of hydrogen-bond acceptors (Lipinski definition) is 4. The number of halogens is 1. The van der Waals surface area contributed by atoms with Crippen molar-refractivity contribution >= 4 is 17.6 Å². The van der Waals surface area contributed by atoms with Crippen molar-refractivity contribution in [3.8, 4) is 0 Å². The molecule has 17 heavy (non-hydrogen) atoms. The molecule has 1 aromatic rings. The molecule has 5 heteroatoms. The quantitative estimate of drug-likeness (QED) is 0.446. The first-order valence-electron chi connectivity index (χ1n) is 5.50. The fourth-order valence-electron chi connectivity index (χ4n) is 1.35. The van der Waals surface area contributed by atoms with Gasteiger partial charge in [-0.2, -0.15) is 0 Å². The first-order valence-corrected chi connectivity index (χ1v) is 5.87. The molecule has 0 amide bonds. The molecular weight excluding hydrogens is 242 g/mol. The highest BCUT2D eigenvalue weighted by Crippen LogP contribution is 2.13. The number of aromatic nitrogens is 1. The van der Waals surface area contributed by atoms with Crippen LogP contribution in [0.1, 0.15) is 29.4 Å². The van der Waals surface area contributed by atoms with Gasteiger partial charge in [0.1, 0.15) is 11.8 Å². The molecule has 0 N–H and O–H groups in total. The van der Waals surface area contributed by atoms with Gasteiger partial charge in [-0.05, 0) is 18.6 Å². The van der Waals surface area contributed by atoms with E-state index in [4.69, 9.17) is 21.1 Å². The zero-order chi connectivity index (χ0) is 12.7. The van der Waals surface area contributed by atoms with Crippen molar-refractivity contribution in [2.75, 3.05) is 20.3 Å². The van der Waals surface area contributed by atoms with Gasteiger partial charge < -0.3 is 9.47 Å². The Kier molecular flexibility index (Phi) is 5.94. The van der Waals surface area contributed by atoms with E-state index in [2.05, 4.69) is 4.98 Å². The van der Waals surface area contributed by atoms with E-state index in [0.717, 1.165) is 18.5 Å². The molecule has 0 fully saturated rings. The maximum absolute atomic E-state index is 11.7. The van der Waals surface area contributed by atoms with E-state index in [-0.39, 0.29) is 6.61 Å². The second-order valence-corrected chi connectivity index (χ2v) is 3.94. The third-order valence-corrected chi connectivity index (χ3v) is 2.30. The largest absolute Gasteiger partial charge is 0.460 e. The number of methoxy groups -OCH3 is 1. The molecule has 0 bridgehead atoms. The third-order valence-electron chi connectivity index (χ3n) is 2.11. The molecule has 0 atom stereocenters. The van der Waals surface area contributed by atoms with Crippen LogP contribution in [0.4, 0.5) is 0 Å². The van der Waals surface area contributed by atoms with Crippen LogP contribution in [0.25, 0.3) is 0 Å². The normalized spacial score (nSPS) is 10.3. The summed E-state index contributed by atoms with van der Waals surface area (Å²) in [5.41, 5.74) is 1.24. The second kappa shape index (κ2) is 7.25. The Morgan fingerprint density at radius 3 is 2.82 bits per heavy atom. The van der Waals surface area contributed by atoms with Crippen molar-refractivity contribution in [2.24, 2.45) is 0 Å². The Hall–Kier alpha value is -1.13. The first kappa shape index (κ1) is 13.9. The number of rotatable bonds is 6. The molecule has 0 saturated heterocycles. The van der Waals surface area contributed by atoms with Crippen LogP contribution >= 0.6 is 11.6 Å². The monoisotopic (exact) mass is 257 g/mol. The lowest BCUT2D eigenvalue weighted by molar-refractivity contribution is 0.0388. The molecule has 1 rings (SSSR count). The van der Waals surface area contributed by atoms with Crippen LogP contribution in [-0.2, 0) is 15.9 Å². The SMILES string of the molecule is CCCc1cc(C(=O)OCCOC)cc(Cl)n1. The minimum absolute atomic E-state index is 0.235. The van der Waals surface area contributed by atoms with Gasteiger partial charge in [0, 0.05) is 12.8 Å². The number of hydrogen-bond donors (Lipinski definition) is 0. The molecule has 0 radical (unpaired) electrons. The fourth-order valence-corrected chi connectivity index (χ4v) is 1.58. The summed E-state index contributed by atoms with van der Waals surface area (Å²) >= 11 is 5.85. The average molecular weight is 258 g/mol. The molecule has 0 aliphatic heterocycles. The summed E-state index contributed by atoms with van der Waals surface area (Å²) in [6.45, 7) is 2.66. The van der Waals surface area contributed by atoms with Crippen LogP contribution in [0, 0.1) is 0 Å². The van der Waals surface area contributed by atoms with Crippen molar-refractivity contribution in [3.63, 3.8) is 0 Å². The molecule has 0 spiro atoms. The standard InChI is InChI=1S/C12H16ClNO3/c1-3-4-10-7-9(8-11(13)14-10)12(15)17-6-5-16-2/h7-8H,3-6H2,1-2H3. The topological polar surface area (TPSA) is 48.4 Å². The molecule has 0 saturated carbocycles. The van der Waals surface area contributed by atoms with E-state index in [0.29, 0.717) is 17.3 Å². The van der Waals surface area contributed by atoms with E-state index in [9.17, 15) is 4.79 Å². The van der Waals surface area contributed by atoms with Crippen molar-refractivity contribution < 1.29 is 14.3 Å². The van der Waals surface area contributed by atoms with Gasteiger partial charge in [0.2, 0.25) is 0 Å². The Morgan fingerprint density at radius 2 is 2.18 bits per heavy atom. The molecule has 4 nitrogen and oxygen atoms in total. The second-order valence-electron chi connectivity index (χ2n) is 3.55. The molecule has 0 unspecified atom stereocenters.